The van der Waals surface area contributed by atoms with E-state index < -0.39 is 8.32 Å². The molecule has 0 aromatic heterocycles. The van der Waals surface area contributed by atoms with Crippen molar-refractivity contribution in [1.29, 1.82) is 0 Å². The maximum Gasteiger partial charge on any atom is 0.191 e. The highest BCUT2D eigenvalue weighted by atomic mass is 28.4. The first kappa shape index (κ1) is 15.1. The Balaban J connectivity index is 3.77. The Morgan fingerprint density at radius 3 is 2.20 bits per heavy atom. The second-order valence-corrected chi connectivity index (χ2v) is 10.6. The maximum atomic E-state index is 9.40. The molecule has 0 aromatic carbocycles. The Hall–Kier alpha value is 0.137. The van der Waals surface area contributed by atoms with Crippen LogP contribution >= 0.6 is 0 Å². The lowest BCUT2D eigenvalue weighted by Gasteiger charge is -2.36. The van der Waals surface area contributed by atoms with Gasteiger partial charge in [0.15, 0.2) is 8.32 Å². The minimum atomic E-state index is -1.57. The molecule has 92 valence electrons. The van der Waals surface area contributed by atoms with Crippen LogP contribution in [0.5, 0.6) is 0 Å². The minimum Gasteiger partial charge on any atom is -0.417 e. The Morgan fingerprint density at radius 2 is 1.80 bits per heavy atom. The van der Waals surface area contributed by atoms with Gasteiger partial charge in [0, 0.05) is 6.61 Å². The summed E-state index contributed by atoms with van der Waals surface area (Å²) < 4.78 is 6.02. The first-order valence-corrected chi connectivity index (χ1v) is 8.93. The second kappa shape index (κ2) is 6.02. The Kier molecular flexibility index (Phi) is 6.07. The summed E-state index contributed by atoms with van der Waals surface area (Å²) in [5.41, 5.74) is 0. The van der Waals surface area contributed by atoms with Crippen LogP contribution in [0.2, 0.25) is 18.1 Å². The van der Waals surface area contributed by atoms with Gasteiger partial charge in [-0.2, -0.15) is 0 Å². The van der Waals surface area contributed by atoms with Gasteiger partial charge in [0.05, 0.1) is 6.10 Å². The van der Waals surface area contributed by atoms with E-state index >= 15 is 0 Å². The largest absolute Gasteiger partial charge is 0.417 e. The molecule has 0 bridgehead atoms. The van der Waals surface area contributed by atoms with Crippen molar-refractivity contribution in [3.8, 4) is 0 Å². The number of aliphatic hydroxyl groups is 1. The summed E-state index contributed by atoms with van der Waals surface area (Å²) in [5, 5.41) is 9.69. The number of aliphatic hydroxyl groups excluding tert-OH is 1. The lowest BCUT2D eigenvalue weighted by molar-refractivity contribution is 0.147. The summed E-state index contributed by atoms with van der Waals surface area (Å²) in [4.78, 5) is 0. The van der Waals surface area contributed by atoms with Crippen LogP contribution in [0.1, 0.15) is 47.0 Å². The van der Waals surface area contributed by atoms with Gasteiger partial charge in [-0.1, -0.05) is 27.7 Å². The fourth-order valence-electron chi connectivity index (χ4n) is 1.07. The third-order valence-corrected chi connectivity index (χ3v) is 7.96. The van der Waals surface area contributed by atoms with E-state index in [1.54, 1.807) is 0 Å². The van der Waals surface area contributed by atoms with E-state index in [1.807, 2.05) is 6.92 Å². The van der Waals surface area contributed by atoms with Gasteiger partial charge in [0.25, 0.3) is 0 Å². The summed E-state index contributed by atoms with van der Waals surface area (Å²) in [6.45, 7) is 14.1. The van der Waals surface area contributed by atoms with Gasteiger partial charge in [-0.15, -0.1) is 0 Å². The summed E-state index contributed by atoms with van der Waals surface area (Å²) in [5.74, 6) is 0. The number of hydrogen-bond donors (Lipinski definition) is 1. The quantitative estimate of drug-likeness (QED) is 0.560. The number of rotatable bonds is 6. The van der Waals surface area contributed by atoms with Crippen molar-refractivity contribution >= 4 is 8.32 Å². The monoisotopic (exact) mass is 232 g/mol. The second-order valence-electron chi connectivity index (χ2n) is 5.81. The Morgan fingerprint density at radius 1 is 1.27 bits per heavy atom. The van der Waals surface area contributed by atoms with E-state index in [2.05, 4.69) is 33.9 Å². The summed E-state index contributed by atoms with van der Waals surface area (Å²) >= 11 is 0. The molecular formula is C12H28O2Si. The molecule has 0 saturated carbocycles. The molecule has 0 aromatic rings. The Labute approximate surface area is 96.2 Å². The first-order valence-electron chi connectivity index (χ1n) is 6.02. The molecule has 0 aliphatic heterocycles. The van der Waals surface area contributed by atoms with Gasteiger partial charge in [0.1, 0.15) is 0 Å². The highest BCUT2D eigenvalue weighted by Gasteiger charge is 2.36. The molecule has 0 rings (SSSR count). The van der Waals surface area contributed by atoms with Crippen LogP contribution in [0.3, 0.4) is 0 Å². The average molecular weight is 232 g/mol. The molecule has 1 N–H and O–H groups in total. The molecule has 0 aliphatic rings. The fraction of sp³-hybridized carbons (Fsp3) is 1.00. The topological polar surface area (TPSA) is 29.5 Å². The van der Waals surface area contributed by atoms with Crippen LogP contribution in [0.25, 0.3) is 0 Å². The van der Waals surface area contributed by atoms with Crippen molar-refractivity contribution in [2.24, 2.45) is 0 Å². The normalized spacial score (nSPS) is 15.4. The zero-order chi connectivity index (χ0) is 12.1. The van der Waals surface area contributed by atoms with Gasteiger partial charge >= 0.3 is 0 Å². The lowest BCUT2D eigenvalue weighted by Crippen LogP contribution is -2.41. The van der Waals surface area contributed by atoms with E-state index in [9.17, 15) is 5.11 Å². The summed E-state index contributed by atoms with van der Waals surface area (Å²) in [7, 11) is -1.57. The molecule has 15 heavy (non-hydrogen) atoms. The molecule has 0 unspecified atom stereocenters. The van der Waals surface area contributed by atoms with Gasteiger partial charge in [-0.05, 0) is 37.4 Å². The van der Waals surface area contributed by atoms with E-state index in [-0.39, 0.29) is 11.1 Å². The third kappa shape index (κ3) is 5.69. The zero-order valence-electron chi connectivity index (χ0n) is 11.3. The van der Waals surface area contributed by atoms with Crippen LogP contribution in [0, 0.1) is 0 Å². The summed E-state index contributed by atoms with van der Waals surface area (Å²) in [6.07, 6.45) is 2.54. The highest BCUT2D eigenvalue weighted by Crippen LogP contribution is 2.36. The van der Waals surface area contributed by atoms with E-state index in [1.165, 1.54) is 0 Å². The van der Waals surface area contributed by atoms with Crippen molar-refractivity contribution in [2.45, 2.75) is 71.2 Å². The maximum absolute atomic E-state index is 9.40. The molecule has 0 fully saturated rings. The summed E-state index contributed by atoms with van der Waals surface area (Å²) in [6, 6.07) is 0. The van der Waals surface area contributed by atoms with Gasteiger partial charge < -0.3 is 9.53 Å². The predicted octanol–water partition coefficient (Wildman–Crippen LogP) is 3.56. The molecule has 0 heterocycles. The molecule has 0 radical (unpaired) electrons. The molecule has 2 nitrogen and oxygen atoms in total. The van der Waals surface area contributed by atoms with Crippen molar-refractivity contribution in [2.75, 3.05) is 6.61 Å². The fourth-order valence-corrected chi connectivity index (χ4v) is 2.15. The van der Waals surface area contributed by atoms with Crippen molar-refractivity contribution in [1.82, 2.24) is 0 Å². The van der Waals surface area contributed by atoms with Crippen LogP contribution in [-0.4, -0.2) is 26.1 Å². The van der Waals surface area contributed by atoms with Crippen molar-refractivity contribution < 1.29 is 9.53 Å². The van der Waals surface area contributed by atoms with Gasteiger partial charge in [-0.25, -0.2) is 0 Å². The molecule has 0 saturated heterocycles. The van der Waals surface area contributed by atoms with Crippen LogP contribution < -0.4 is 0 Å². The first-order chi connectivity index (χ1) is 6.70. The van der Waals surface area contributed by atoms with Crippen LogP contribution in [0.4, 0.5) is 0 Å². The highest BCUT2D eigenvalue weighted by molar-refractivity contribution is 6.74. The van der Waals surface area contributed by atoms with Gasteiger partial charge in [-0.3, -0.25) is 0 Å². The molecule has 0 aliphatic carbocycles. The van der Waals surface area contributed by atoms with E-state index in [0.29, 0.717) is 0 Å². The smallest absolute Gasteiger partial charge is 0.191 e. The van der Waals surface area contributed by atoms with Crippen LogP contribution in [0.15, 0.2) is 0 Å². The Bertz CT molecular complexity index is 173. The van der Waals surface area contributed by atoms with Gasteiger partial charge in [0.2, 0.25) is 0 Å². The van der Waals surface area contributed by atoms with E-state index in [0.717, 1.165) is 25.9 Å². The van der Waals surface area contributed by atoms with E-state index in [4.69, 9.17) is 4.43 Å². The number of hydrogen-bond acceptors (Lipinski definition) is 2. The molecule has 0 amide bonds. The average Bonchev–Trinajstić information content (AvgIpc) is 2.10. The molecule has 3 heteroatoms. The minimum absolute atomic E-state index is 0.145. The lowest BCUT2D eigenvalue weighted by atomic mass is 10.2. The molecular weight excluding hydrogens is 204 g/mol. The third-order valence-electron chi connectivity index (χ3n) is 3.42. The zero-order valence-corrected chi connectivity index (χ0v) is 12.3. The molecule has 1 atom stereocenters. The SMILES string of the molecule is CC[C@H](O)CCCO[Si](C)(C)C(C)(C)C. The molecule has 0 spiro atoms. The standard InChI is InChI=1S/C12H28O2Si/c1-7-11(13)9-8-10-14-15(5,6)12(2,3)4/h11,13H,7-10H2,1-6H3/t11-/m0/s1. The predicted molar refractivity (Wildman–Crippen MR) is 68.7 cm³/mol. The van der Waals surface area contributed by atoms with Crippen LogP contribution in [-0.2, 0) is 4.43 Å². The van der Waals surface area contributed by atoms with Crippen molar-refractivity contribution in [3.05, 3.63) is 0 Å². The van der Waals surface area contributed by atoms with Crippen molar-refractivity contribution in [3.63, 3.8) is 0 Å².